The van der Waals surface area contributed by atoms with Crippen LogP contribution in [0.4, 0.5) is 10.1 Å². The van der Waals surface area contributed by atoms with Crippen LogP contribution in [0, 0.1) is 5.82 Å². The molecule has 21 heavy (non-hydrogen) atoms. The summed E-state index contributed by atoms with van der Waals surface area (Å²) in [7, 11) is 0. The maximum absolute atomic E-state index is 13.8. The topological polar surface area (TPSA) is 38.3 Å². The summed E-state index contributed by atoms with van der Waals surface area (Å²) in [5.41, 5.74) is 1.68. The summed E-state index contributed by atoms with van der Waals surface area (Å²) in [4.78, 5) is 12.4. The second-order valence-corrected chi connectivity index (χ2v) is 5.71. The Morgan fingerprint density at radius 1 is 1.33 bits per heavy atom. The molecule has 0 aromatic heterocycles. The molecule has 0 radical (unpaired) electrons. The first-order valence-corrected chi connectivity index (χ1v) is 7.41. The van der Waals surface area contributed by atoms with E-state index in [0.29, 0.717) is 34.5 Å². The van der Waals surface area contributed by atoms with E-state index in [4.69, 9.17) is 4.74 Å². The monoisotopic (exact) mass is 349 g/mol. The van der Waals surface area contributed by atoms with Crippen LogP contribution in [0.5, 0.6) is 5.75 Å². The summed E-state index contributed by atoms with van der Waals surface area (Å²) in [6, 6.07) is 10.1. The van der Waals surface area contributed by atoms with Gasteiger partial charge in [-0.25, -0.2) is 4.39 Å². The highest BCUT2D eigenvalue weighted by atomic mass is 79.9. The summed E-state index contributed by atoms with van der Waals surface area (Å²) in [5.74, 6) is 0.0182. The minimum atomic E-state index is -0.387. The molecule has 1 heterocycles. The van der Waals surface area contributed by atoms with Crippen molar-refractivity contribution >= 4 is 27.4 Å². The number of para-hydroxylation sites is 1. The van der Waals surface area contributed by atoms with E-state index in [9.17, 15) is 9.18 Å². The summed E-state index contributed by atoms with van der Waals surface area (Å²) in [5, 5.41) is 3.18. The van der Waals surface area contributed by atoms with Crippen molar-refractivity contribution in [2.24, 2.45) is 0 Å². The van der Waals surface area contributed by atoms with Gasteiger partial charge >= 0.3 is 0 Å². The van der Waals surface area contributed by atoms with Crippen LogP contribution in [0.15, 0.2) is 40.9 Å². The van der Waals surface area contributed by atoms with Crippen molar-refractivity contribution in [3.8, 4) is 5.75 Å². The smallest absolute Gasteiger partial charge is 0.171 e. The standard InChI is InChI=1S/C16H13BrFNO2/c17-11-5-4-10(13(18)9-11)8-15(20)12-2-1-3-14-16(12)21-7-6-19-14/h1-5,9,19H,6-8H2. The van der Waals surface area contributed by atoms with E-state index in [1.54, 1.807) is 24.3 Å². The van der Waals surface area contributed by atoms with E-state index >= 15 is 0 Å². The van der Waals surface area contributed by atoms with E-state index in [0.717, 1.165) is 5.69 Å². The van der Waals surface area contributed by atoms with Crippen molar-refractivity contribution in [1.82, 2.24) is 0 Å². The SMILES string of the molecule is O=C(Cc1ccc(Br)cc1F)c1cccc2c1OCCN2. The summed E-state index contributed by atoms with van der Waals surface area (Å²) in [6.07, 6.45) is 0.0128. The Hall–Kier alpha value is -1.88. The zero-order valence-corrected chi connectivity index (χ0v) is 12.7. The quantitative estimate of drug-likeness (QED) is 0.856. The van der Waals surface area contributed by atoms with Gasteiger partial charge in [-0.05, 0) is 29.8 Å². The van der Waals surface area contributed by atoms with Gasteiger partial charge in [0.25, 0.3) is 0 Å². The van der Waals surface area contributed by atoms with E-state index in [1.165, 1.54) is 6.07 Å². The van der Waals surface area contributed by atoms with Gasteiger partial charge in [0, 0.05) is 17.4 Å². The number of carbonyl (C=O) groups is 1. The Balaban J connectivity index is 1.89. The molecule has 3 rings (SSSR count). The largest absolute Gasteiger partial charge is 0.489 e. The molecule has 5 heteroatoms. The lowest BCUT2D eigenvalue weighted by molar-refractivity contribution is 0.0988. The third-order valence-electron chi connectivity index (χ3n) is 3.35. The molecule has 1 aliphatic heterocycles. The second kappa shape index (κ2) is 5.85. The highest BCUT2D eigenvalue weighted by Crippen LogP contribution is 2.32. The number of halogens is 2. The fourth-order valence-electron chi connectivity index (χ4n) is 2.32. The van der Waals surface area contributed by atoms with E-state index < -0.39 is 0 Å². The van der Waals surface area contributed by atoms with Crippen LogP contribution in [0.2, 0.25) is 0 Å². The van der Waals surface area contributed by atoms with E-state index in [2.05, 4.69) is 21.2 Å². The zero-order chi connectivity index (χ0) is 14.8. The van der Waals surface area contributed by atoms with Gasteiger partial charge in [0.15, 0.2) is 11.5 Å². The van der Waals surface area contributed by atoms with Gasteiger partial charge in [0.05, 0.1) is 11.3 Å². The number of hydrogen-bond donors (Lipinski definition) is 1. The van der Waals surface area contributed by atoms with Gasteiger partial charge in [-0.1, -0.05) is 28.1 Å². The molecule has 0 bridgehead atoms. The number of anilines is 1. The Kier molecular flexibility index (Phi) is 3.92. The number of benzene rings is 2. The predicted octanol–water partition coefficient (Wildman–Crippen LogP) is 3.82. The summed E-state index contributed by atoms with van der Waals surface area (Å²) >= 11 is 3.20. The van der Waals surface area contributed by atoms with Crippen LogP contribution in [-0.4, -0.2) is 18.9 Å². The summed E-state index contributed by atoms with van der Waals surface area (Å²) < 4.78 is 20.1. The van der Waals surface area contributed by atoms with Gasteiger partial charge in [-0.15, -0.1) is 0 Å². The third kappa shape index (κ3) is 2.93. The maximum Gasteiger partial charge on any atom is 0.171 e. The Labute approximate surface area is 130 Å². The van der Waals surface area contributed by atoms with E-state index in [-0.39, 0.29) is 18.0 Å². The van der Waals surface area contributed by atoms with Gasteiger partial charge in [0.1, 0.15) is 12.4 Å². The minimum absolute atomic E-state index is 0.0128. The van der Waals surface area contributed by atoms with Crippen LogP contribution in [0.1, 0.15) is 15.9 Å². The molecule has 0 spiro atoms. The normalized spacial score (nSPS) is 13.0. The molecule has 2 aromatic rings. The molecule has 1 N–H and O–H groups in total. The molecule has 3 nitrogen and oxygen atoms in total. The Morgan fingerprint density at radius 3 is 3.00 bits per heavy atom. The highest BCUT2D eigenvalue weighted by Gasteiger charge is 2.20. The Bertz CT molecular complexity index is 703. The van der Waals surface area contributed by atoms with Crippen molar-refractivity contribution in [2.75, 3.05) is 18.5 Å². The number of carbonyl (C=O) groups excluding carboxylic acids is 1. The average molecular weight is 350 g/mol. The van der Waals surface area contributed by atoms with Crippen molar-refractivity contribution in [1.29, 1.82) is 0 Å². The molecular formula is C16H13BrFNO2. The van der Waals surface area contributed by atoms with Crippen molar-refractivity contribution < 1.29 is 13.9 Å². The minimum Gasteiger partial charge on any atom is -0.489 e. The van der Waals surface area contributed by atoms with Gasteiger partial charge < -0.3 is 10.1 Å². The lowest BCUT2D eigenvalue weighted by atomic mass is 10.0. The molecule has 2 aromatic carbocycles. The number of rotatable bonds is 3. The third-order valence-corrected chi connectivity index (χ3v) is 3.84. The summed E-state index contributed by atoms with van der Waals surface area (Å²) in [6.45, 7) is 1.23. The molecule has 0 aliphatic carbocycles. The van der Waals surface area contributed by atoms with Crippen molar-refractivity contribution in [3.63, 3.8) is 0 Å². The molecule has 0 saturated carbocycles. The van der Waals surface area contributed by atoms with E-state index in [1.807, 2.05) is 6.07 Å². The molecule has 1 aliphatic rings. The number of Topliss-reactive ketones (excluding diaryl/α,β-unsaturated/α-hetero) is 1. The first-order chi connectivity index (χ1) is 10.1. The fourth-order valence-corrected chi connectivity index (χ4v) is 2.66. The molecule has 0 atom stereocenters. The lowest BCUT2D eigenvalue weighted by Gasteiger charge is -2.21. The number of ketones is 1. The average Bonchev–Trinajstić information content (AvgIpc) is 2.49. The Morgan fingerprint density at radius 2 is 2.19 bits per heavy atom. The second-order valence-electron chi connectivity index (χ2n) is 4.79. The number of hydrogen-bond acceptors (Lipinski definition) is 3. The molecule has 0 amide bonds. The number of ether oxygens (including phenoxy) is 1. The molecular weight excluding hydrogens is 337 g/mol. The number of fused-ring (bicyclic) bond motifs is 1. The van der Waals surface area contributed by atoms with Crippen molar-refractivity contribution in [3.05, 3.63) is 57.8 Å². The van der Waals surface area contributed by atoms with Crippen LogP contribution >= 0.6 is 15.9 Å². The fraction of sp³-hybridized carbons (Fsp3) is 0.188. The van der Waals surface area contributed by atoms with Crippen LogP contribution < -0.4 is 10.1 Å². The molecule has 0 saturated heterocycles. The van der Waals surface area contributed by atoms with Gasteiger partial charge in [-0.3, -0.25) is 4.79 Å². The van der Waals surface area contributed by atoms with Crippen LogP contribution in [0.25, 0.3) is 0 Å². The van der Waals surface area contributed by atoms with Crippen LogP contribution in [-0.2, 0) is 6.42 Å². The van der Waals surface area contributed by atoms with Gasteiger partial charge in [0.2, 0.25) is 0 Å². The first-order valence-electron chi connectivity index (χ1n) is 6.62. The van der Waals surface area contributed by atoms with Crippen molar-refractivity contribution in [2.45, 2.75) is 6.42 Å². The molecule has 0 fully saturated rings. The number of nitrogens with one attached hydrogen (secondary N) is 1. The zero-order valence-electron chi connectivity index (χ0n) is 11.2. The molecule has 0 unspecified atom stereocenters. The highest BCUT2D eigenvalue weighted by molar-refractivity contribution is 9.10. The van der Waals surface area contributed by atoms with Crippen LogP contribution in [0.3, 0.4) is 0 Å². The maximum atomic E-state index is 13.8. The van der Waals surface area contributed by atoms with Gasteiger partial charge in [-0.2, -0.15) is 0 Å². The first kappa shape index (κ1) is 14.1. The lowest BCUT2D eigenvalue weighted by Crippen LogP contribution is -2.20. The molecule has 108 valence electrons. The predicted molar refractivity (Wildman–Crippen MR) is 82.6 cm³/mol.